The normalized spacial score (nSPS) is 20.8. The van der Waals surface area contributed by atoms with Crippen molar-refractivity contribution in [2.24, 2.45) is 0 Å². The van der Waals surface area contributed by atoms with Crippen LogP contribution in [0.25, 0.3) is 0 Å². The van der Waals surface area contributed by atoms with Gasteiger partial charge in [-0.15, -0.1) is 11.3 Å². The van der Waals surface area contributed by atoms with Gasteiger partial charge in [0.25, 0.3) is 11.8 Å². The lowest BCUT2D eigenvalue weighted by Gasteiger charge is -2.50. The van der Waals surface area contributed by atoms with Crippen molar-refractivity contribution in [1.29, 1.82) is 0 Å². The molecule has 2 atom stereocenters. The smallest absolute Gasteiger partial charge is 0.425 e. The van der Waals surface area contributed by atoms with E-state index in [-0.39, 0.29) is 38.1 Å². The van der Waals surface area contributed by atoms with Gasteiger partial charge >= 0.3 is 12.4 Å². The number of halogens is 7. The predicted molar refractivity (Wildman–Crippen MR) is 154 cm³/mol. The van der Waals surface area contributed by atoms with E-state index >= 15 is 0 Å². The number of pyridine rings is 1. The zero-order valence-corrected chi connectivity index (χ0v) is 25.9. The number of aromatic nitrogens is 1. The summed E-state index contributed by atoms with van der Waals surface area (Å²) in [6, 6.07) is 7.30. The molecule has 1 aromatic carbocycles. The summed E-state index contributed by atoms with van der Waals surface area (Å²) in [7, 11) is 0. The highest BCUT2D eigenvalue weighted by Crippen LogP contribution is 2.43. The van der Waals surface area contributed by atoms with Crippen LogP contribution in [0.5, 0.6) is 5.75 Å². The Morgan fingerprint density at radius 3 is 2.55 bits per heavy atom. The molecule has 44 heavy (non-hydrogen) atoms. The summed E-state index contributed by atoms with van der Waals surface area (Å²) in [6.07, 6.45) is -7.12. The molecule has 0 aliphatic carbocycles. The maximum atomic E-state index is 14.6. The van der Waals surface area contributed by atoms with Crippen LogP contribution in [0.1, 0.15) is 64.7 Å². The molecule has 1 fully saturated rings. The number of hydrogen-bond donors (Lipinski definition) is 0. The largest absolute Gasteiger partial charge is 0.474 e. The number of amides is 2. The molecule has 0 N–H and O–H groups in total. The fourth-order valence-corrected chi connectivity index (χ4v) is 7.13. The van der Waals surface area contributed by atoms with Gasteiger partial charge in [0, 0.05) is 48.2 Å². The zero-order valence-electron chi connectivity index (χ0n) is 23.5. The monoisotopic (exact) mass is 703 g/mol. The number of likely N-dealkylation sites (tertiary alicyclic amines) is 1. The molecule has 0 spiro atoms. The first-order valence-corrected chi connectivity index (χ1v) is 15.7. The van der Waals surface area contributed by atoms with E-state index in [0.717, 1.165) is 45.4 Å². The van der Waals surface area contributed by atoms with Crippen molar-refractivity contribution in [3.8, 4) is 5.75 Å². The van der Waals surface area contributed by atoms with Crippen molar-refractivity contribution < 1.29 is 40.7 Å². The Balaban J connectivity index is 1.59. The van der Waals surface area contributed by atoms with Crippen LogP contribution in [0.2, 0.25) is 0 Å². The first-order valence-electron chi connectivity index (χ1n) is 14.0. The van der Waals surface area contributed by atoms with E-state index < -0.39 is 51.9 Å². The Bertz CT molecular complexity index is 1540. The molecule has 2 aromatic heterocycles. The summed E-state index contributed by atoms with van der Waals surface area (Å²) in [5.41, 5.74) is -1.96. The minimum atomic E-state index is -4.86. The van der Waals surface area contributed by atoms with Gasteiger partial charge in [-0.05, 0) is 54.7 Å². The Morgan fingerprint density at radius 1 is 1.09 bits per heavy atom. The van der Waals surface area contributed by atoms with Crippen molar-refractivity contribution in [3.63, 3.8) is 0 Å². The number of alkyl halides is 6. The molecular weight excluding hydrogens is 676 g/mol. The Hall–Kier alpha value is -3.13. The molecule has 2 aliphatic rings. The van der Waals surface area contributed by atoms with Crippen LogP contribution < -0.4 is 4.74 Å². The first-order chi connectivity index (χ1) is 20.7. The van der Waals surface area contributed by atoms with Gasteiger partial charge in [-0.2, -0.15) is 26.3 Å². The second kappa shape index (κ2) is 12.3. The summed E-state index contributed by atoms with van der Waals surface area (Å²) >= 11 is 3.85. The number of carbonyl (C=O) groups is 2. The summed E-state index contributed by atoms with van der Waals surface area (Å²) in [5, 5.41) is 1.16. The molecule has 236 valence electrons. The van der Waals surface area contributed by atoms with Gasteiger partial charge in [-0.25, -0.2) is 0 Å². The van der Waals surface area contributed by atoms with Crippen molar-refractivity contribution in [2.75, 3.05) is 13.1 Å². The van der Waals surface area contributed by atoms with Crippen molar-refractivity contribution >= 4 is 39.1 Å². The Kier molecular flexibility index (Phi) is 9.05. The average molecular weight is 705 g/mol. The van der Waals surface area contributed by atoms with Crippen LogP contribution in [0.4, 0.5) is 26.3 Å². The van der Waals surface area contributed by atoms with E-state index in [0.29, 0.717) is 30.7 Å². The molecule has 3 aromatic rings. The minimum absolute atomic E-state index is 0.0168. The maximum Gasteiger partial charge on any atom is 0.425 e. The molecule has 2 amide bonds. The SMILES string of the molecule is CCC[C@H]1N(C(=O)c2ncccc2C(F)(F)F)CCC[C@]1(Oc1csc(C(F)(F)F)c1)C(=O)N1CCc2ccc(Br)cc2C1. The van der Waals surface area contributed by atoms with Crippen molar-refractivity contribution in [1.82, 2.24) is 14.8 Å². The van der Waals surface area contributed by atoms with Gasteiger partial charge in [-0.3, -0.25) is 14.6 Å². The molecule has 1 saturated heterocycles. The third kappa shape index (κ3) is 6.33. The number of carbonyl (C=O) groups excluding carboxylic acids is 2. The quantitative estimate of drug-likeness (QED) is 0.247. The van der Waals surface area contributed by atoms with Crippen molar-refractivity contribution in [3.05, 3.63) is 79.7 Å². The molecule has 5 rings (SSSR count). The lowest BCUT2D eigenvalue weighted by atomic mass is 9.79. The number of piperidine rings is 1. The summed E-state index contributed by atoms with van der Waals surface area (Å²) in [4.78, 5) is 34.1. The van der Waals surface area contributed by atoms with E-state index in [9.17, 15) is 35.9 Å². The number of rotatable bonds is 6. The highest BCUT2D eigenvalue weighted by Gasteiger charge is 2.56. The number of nitrogens with zero attached hydrogens (tertiary/aromatic N) is 3. The van der Waals surface area contributed by atoms with E-state index in [4.69, 9.17) is 4.74 Å². The lowest BCUT2D eigenvalue weighted by molar-refractivity contribution is -0.160. The van der Waals surface area contributed by atoms with Gasteiger partial charge in [0.15, 0.2) is 0 Å². The second-order valence-corrected chi connectivity index (χ2v) is 12.7. The highest BCUT2D eigenvalue weighted by atomic mass is 79.9. The molecule has 0 unspecified atom stereocenters. The maximum absolute atomic E-state index is 14.6. The Morgan fingerprint density at radius 2 is 1.86 bits per heavy atom. The molecule has 14 heteroatoms. The van der Waals surface area contributed by atoms with Crippen molar-refractivity contribution in [2.45, 2.75) is 69.6 Å². The summed E-state index contributed by atoms with van der Waals surface area (Å²) < 4.78 is 89.3. The molecule has 0 saturated carbocycles. The van der Waals surface area contributed by atoms with Crippen LogP contribution in [0.15, 0.2) is 52.4 Å². The van der Waals surface area contributed by atoms with E-state index in [1.54, 1.807) is 11.8 Å². The van der Waals surface area contributed by atoms with Gasteiger partial charge in [0.1, 0.15) is 16.3 Å². The molecular formula is C30H28BrF6N3O3S. The Labute approximate surface area is 262 Å². The number of fused-ring (bicyclic) bond motifs is 1. The van der Waals surface area contributed by atoms with Gasteiger partial charge in [0.05, 0.1) is 11.6 Å². The van der Waals surface area contributed by atoms with Crippen LogP contribution in [-0.2, 0) is 30.1 Å². The first kappa shape index (κ1) is 32.3. The van der Waals surface area contributed by atoms with E-state index in [1.807, 2.05) is 18.2 Å². The minimum Gasteiger partial charge on any atom is -0.474 e. The average Bonchev–Trinajstić information content (AvgIpc) is 3.45. The molecule has 4 heterocycles. The lowest BCUT2D eigenvalue weighted by Crippen LogP contribution is -2.68. The van der Waals surface area contributed by atoms with E-state index in [2.05, 4.69) is 20.9 Å². The number of benzene rings is 1. The van der Waals surface area contributed by atoms with Crippen LogP contribution >= 0.6 is 27.3 Å². The van der Waals surface area contributed by atoms with Crippen LogP contribution in [-0.4, -0.2) is 51.3 Å². The standard InChI is InChI=1S/C30H28BrF6N3O3S/c1-2-5-23-28(43-21-15-24(44-17-21)30(35,36)37,27(42)39-13-9-18-7-8-20(31)14-19(18)16-39)10-4-12-40(23)26(41)25-22(29(32,33)34)6-3-11-38-25/h3,6-8,11,14-15,17,23H,2,4-5,9-10,12-13,16H2,1H3/t23-,28-/m1/s1. The molecule has 0 radical (unpaired) electrons. The topological polar surface area (TPSA) is 62.7 Å². The predicted octanol–water partition coefficient (Wildman–Crippen LogP) is 7.75. The number of thiophene rings is 1. The zero-order chi connectivity index (χ0) is 31.9. The van der Waals surface area contributed by atoms with Gasteiger partial charge < -0.3 is 14.5 Å². The van der Waals surface area contributed by atoms with E-state index in [1.165, 1.54) is 4.90 Å². The third-order valence-corrected chi connectivity index (χ3v) is 9.43. The molecule has 2 aliphatic heterocycles. The van der Waals surface area contributed by atoms with Gasteiger partial charge in [0.2, 0.25) is 5.60 Å². The summed E-state index contributed by atoms with van der Waals surface area (Å²) in [6.45, 7) is 2.29. The van der Waals surface area contributed by atoms with Gasteiger partial charge in [-0.1, -0.05) is 35.3 Å². The number of ether oxygens (including phenoxy) is 1. The third-order valence-electron chi connectivity index (χ3n) is 7.98. The molecule has 6 nitrogen and oxygen atoms in total. The fraction of sp³-hybridized carbons (Fsp3) is 0.433. The fourth-order valence-electron chi connectivity index (χ4n) is 6.04. The summed E-state index contributed by atoms with van der Waals surface area (Å²) in [5.74, 6) is -1.75. The highest BCUT2D eigenvalue weighted by molar-refractivity contribution is 9.10. The second-order valence-electron chi connectivity index (χ2n) is 10.8. The van der Waals surface area contributed by atoms with Crippen LogP contribution in [0, 0.1) is 0 Å². The molecule has 0 bridgehead atoms. The number of hydrogen-bond acceptors (Lipinski definition) is 5. The van der Waals surface area contributed by atoms with Crippen LogP contribution in [0.3, 0.4) is 0 Å².